The van der Waals surface area contributed by atoms with Gasteiger partial charge in [0.2, 0.25) is 0 Å². The average Bonchev–Trinajstić information content (AvgIpc) is 2.32. The Hall–Kier alpha value is -1.44. The second-order valence-corrected chi connectivity index (χ2v) is 5.07. The third-order valence-corrected chi connectivity index (χ3v) is 3.39. The van der Waals surface area contributed by atoms with Crippen molar-refractivity contribution in [1.29, 1.82) is 0 Å². The lowest BCUT2D eigenvalue weighted by molar-refractivity contribution is -0.136. The molecule has 2 rings (SSSR count). The number of nitrogen functional groups attached to an aromatic ring is 1. The van der Waals surface area contributed by atoms with Gasteiger partial charge in [0.05, 0.1) is 16.9 Å². The maximum atomic E-state index is 12.9. The molecule has 6 heteroatoms. The molecule has 2 aromatic rings. The molecule has 0 saturated heterocycles. The lowest BCUT2D eigenvalue weighted by atomic mass is 10.1. The fraction of sp³-hybridized carbons (Fsp3) is 0.0769. The van der Waals surface area contributed by atoms with Crippen LogP contribution in [0, 0.1) is 3.57 Å². The summed E-state index contributed by atoms with van der Waals surface area (Å²) in [6.07, 6.45) is -4.39. The highest BCUT2D eigenvalue weighted by Gasteiger charge is 2.33. The molecule has 0 saturated carbocycles. The van der Waals surface area contributed by atoms with Gasteiger partial charge in [-0.2, -0.15) is 13.2 Å². The maximum Gasteiger partial charge on any atom is 0.418 e. The first-order chi connectivity index (χ1) is 8.88. The van der Waals surface area contributed by atoms with Crippen molar-refractivity contribution >= 4 is 39.7 Å². The Bertz CT molecular complexity index is 597. The molecule has 0 aliphatic rings. The zero-order chi connectivity index (χ0) is 14.0. The quantitative estimate of drug-likeness (QED) is 0.591. The second kappa shape index (κ2) is 5.28. The predicted octanol–water partition coefficient (Wildman–Crippen LogP) is 4.64. The van der Waals surface area contributed by atoms with Crippen molar-refractivity contribution < 1.29 is 13.2 Å². The lowest BCUT2D eigenvalue weighted by Crippen LogP contribution is -2.08. The lowest BCUT2D eigenvalue weighted by Gasteiger charge is -2.15. The van der Waals surface area contributed by atoms with Crippen LogP contribution in [-0.4, -0.2) is 0 Å². The molecule has 0 amide bonds. The van der Waals surface area contributed by atoms with Gasteiger partial charge in [-0.05, 0) is 52.9 Å². The summed E-state index contributed by atoms with van der Waals surface area (Å²) >= 11 is 2.02. The maximum absolute atomic E-state index is 12.9. The Morgan fingerprint density at radius 2 is 1.68 bits per heavy atom. The van der Waals surface area contributed by atoms with Crippen LogP contribution in [0.3, 0.4) is 0 Å². The molecule has 0 unspecified atom stereocenters. The zero-order valence-electron chi connectivity index (χ0n) is 9.63. The summed E-state index contributed by atoms with van der Waals surface area (Å²) in [7, 11) is 0. The first-order valence-electron chi connectivity index (χ1n) is 5.36. The van der Waals surface area contributed by atoms with E-state index in [1.165, 1.54) is 12.1 Å². The van der Waals surface area contributed by atoms with Crippen LogP contribution in [0.4, 0.5) is 30.2 Å². The summed E-state index contributed by atoms with van der Waals surface area (Å²) in [5.41, 5.74) is 6.10. The average molecular weight is 378 g/mol. The van der Waals surface area contributed by atoms with Crippen molar-refractivity contribution in [2.24, 2.45) is 0 Å². The summed E-state index contributed by atoms with van der Waals surface area (Å²) < 4.78 is 39.3. The highest BCUT2D eigenvalue weighted by molar-refractivity contribution is 14.1. The standard InChI is InChI=1S/C13H10F3IN2/c14-13(15,16)9-3-1-2-4-11(9)19-12-6-5-8(18)7-10(12)17/h1-7,19H,18H2. The van der Waals surface area contributed by atoms with Crippen molar-refractivity contribution in [1.82, 2.24) is 0 Å². The first-order valence-corrected chi connectivity index (χ1v) is 6.44. The van der Waals surface area contributed by atoms with Gasteiger partial charge in [0.15, 0.2) is 0 Å². The van der Waals surface area contributed by atoms with Crippen LogP contribution in [0.25, 0.3) is 0 Å². The summed E-state index contributed by atoms with van der Waals surface area (Å²) in [5.74, 6) is 0. The minimum absolute atomic E-state index is 0.0256. The number of nitrogens with two attached hydrogens (primary N) is 1. The van der Waals surface area contributed by atoms with E-state index in [4.69, 9.17) is 5.73 Å². The fourth-order valence-electron chi connectivity index (χ4n) is 1.62. The Labute approximate surface area is 122 Å². The summed E-state index contributed by atoms with van der Waals surface area (Å²) in [5, 5.41) is 2.79. The van der Waals surface area contributed by atoms with Crippen LogP contribution in [0.1, 0.15) is 5.56 Å². The first kappa shape index (κ1) is 14.0. The van der Waals surface area contributed by atoms with Crippen LogP contribution >= 0.6 is 22.6 Å². The van der Waals surface area contributed by atoms with Gasteiger partial charge in [-0.15, -0.1) is 0 Å². The molecule has 0 radical (unpaired) electrons. The molecule has 0 bridgehead atoms. The van der Waals surface area contributed by atoms with Crippen LogP contribution in [0.15, 0.2) is 42.5 Å². The van der Waals surface area contributed by atoms with Gasteiger partial charge in [-0.3, -0.25) is 0 Å². The molecule has 0 aliphatic heterocycles. The van der Waals surface area contributed by atoms with E-state index in [2.05, 4.69) is 5.32 Å². The van der Waals surface area contributed by atoms with E-state index in [1.807, 2.05) is 22.6 Å². The number of benzene rings is 2. The van der Waals surface area contributed by atoms with Crippen molar-refractivity contribution in [3.63, 3.8) is 0 Å². The molecular formula is C13H10F3IN2. The molecule has 0 atom stereocenters. The number of nitrogens with one attached hydrogen (secondary N) is 1. The second-order valence-electron chi connectivity index (χ2n) is 3.91. The van der Waals surface area contributed by atoms with Gasteiger partial charge in [0, 0.05) is 9.26 Å². The molecule has 0 fully saturated rings. The van der Waals surface area contributed by atoms with Crippen molar-refractivity contribution in [2.75, 3.05) is 11.1 Å². The minimum Gasteiger partial charge on any atom is -0.399 e. The fourth-order valence-corrected chi connectivity index (χ4v) is 2.29. The number of para-hydroxylation sites is 1. The third-order valence-electron chi connectivity index (χ3n) is 2.49. The monoisotopic (exact) mass is 378 g/mol. The minimum atomic E-state index is -4.39. The number of hydrogen-bond acceptors (Lipinski definition) is 2. The molecule has 0 aliphatic carbocycles. The van der Waals surface area contributed by atoms with E-state index in [0.717, 1.165) is 9.64 Å². The number of hydrogen-bond donors (Lipinski definition) is 2. The van der Waals surface area contributed by atoms with Crippen LogP contribution in [0.5, 0.6) is 0 Å². The summed E-state index contributed by atoms with van der Waals surface area (Å²) in [6.45, 7) is 0. The number of rotatable bonds is 2. The highest BCUT2D eigenvalue weighted by Crippen LogP contribution is 2.36. The van der Waals surface area contributed by atoms with Gasteiger partial charge in [0.1, 0.15) is 0 Å². The van der Waals surface area contributed by atoms with E-state index < -0.39 is 11.7 Å². The predicted molar refractivity (Wildman–Crippen MR) is 78.3 cm³/mol. The molecule has 0 aromatic heterocycles. The van der Waals surface area contributed by atoms with Crippen LogP contribution in [-0.2, 0) is 6.18 Å². The van der Waals surface area contributed by atoms with Crippen molar-refractivity contribution in [3.8, 4) is 0 Å². The Morgan fingerprint density at radius 3 is 2.32 bits per heavy atom. The molecule has 0 spiro atoms. The normalized spacial score (nSPS) is 11.4. The largest absolute Gasteiger partial charge is 0.418 e. The summed E-state index contributed by atoms with van der Waals surface area (Å²) in [6, 6.07) is 10.4. The van der Waals surface area contributed by atoms with Crippen LogP contribution in [0.2, 0.25) is 0 Å². The summed E-state index contributed by atoms with van der Waals surface area (Å²) in [4.78, 5) is 0. The van der Waals surface area contributed by atoms with E-state index >= 15 is 0 Å². The zero-order valence-corrected chi connectivity index (χ0v) is 11.8. The van der Waals surface area contributed by atoms with Crippen LogP contribution < -0.4 is 11.1 Å². The molecule has 2 nitrogen and oxygen atoms in total. The number of halogens is 4. The molecule has 3 N–H and O–H groups in total. The van der Waals surface area contributed by atoms with Gasteiger partial charge in [-0.1, -0.05) is 12.1 Å². The number of alkyl halides is 3. The topological polar surface area (TPSA) is 38.0 Å². The van der Waals surface area contributed by atoms with E-state index in [9.17, 15) is 13.2 Å². The van der Waals surface area contributed by atoms with Gasteiger partial charge in [-0.25, -0.2) is 0 Å². The Balaban J connectivity index is 2.39. The Morgan fingerprint density at radius 1 is 1.00 bits per heavy atom. The van der Waals surface area contributed by atoms with Crippen molar-refractivity contribution in [2.45, 2.75) is 6.18 Å². The van der Waals surface area contributed by atoms with Crippen molar-refractivity contribution in [3.05, 3.63) is 51.6 Å². The highest BCUT2D eigenvalue weighted by atomic mass is 127. The SMILES string of the molecule is Nc1ccc(Nc2ccccc2C(F)(F)F)c(I)c1. The molecule has 0 heterocycles. The molecule has 2 aromatic carbocycles. The van der Waals surface area contributed by atoms with E-state index in [1.54, 1.807) is 24.3 Å². The molecule has 100 valence electrons. The van der Waals surface area contributed by atoms with Gasteiger partial charge in [0.25, 0.3) is 0 Å². The van der Waals surface area contributed by atoms with Gasteiger partial charge < -0.3 is 11.1 Å². The Kier molecular flexibility index (Phi) is 3.88. The third kappa shape index (κ3) is 3.31. The van der Waals surface area contributed by atoms with E-state index in [0.29, 0.717) is 11.4 Å². The molecule has 19 heavy (non-hydrogen) atoms. The molecular weight excluding hydrogens is 368 g/mol. The number of anilines is 3. The smallest absolute Gasteiger partial charge is 0.399 e. The van der Waals surface area contributed by atoms with E-state index in [-0.39, 0.29) is 5.69 Å². The van der Waals surface area contributed by atoms with Gasteiger partial charge >= 0.3 is 6.18 Å².